The van der Waals surface area contributed by atoms with Crippen molar-refractivity contribution in [3.05, 3.63) is 24.3 Å². The molecule has 29 heavy (non-hydrogen) atoms. The number of nitrogens with zero attached hydrogens (tertiary/aromatic N) is 1. The Hall–Kier alpha value is -2.70. The minimum atomic E-state index is -0.396. The van der Waals surface area contributed by atoms with Gasteiger partial charge in [-0.25, -0.2) is 0 Å². The zero-order valence-corrected chi connectivity index (χ0v) is 16.6. The van der Waals surface area contributed by atoms with E-state index in [-0.39, 0.29) is 48.6 Å². The van der Waals surface area contributed by atoms with Crippen molar-refractivity contribution >= 4 is 34.9 Å². The lowest BCUT2D eigenvalue weighted by molar-refractivity contribution is -0.156. The van der Waals surface area contributed by atoms with E-state index in [2.05, 4.69) is 5.32 Å². The SMILES string of the molecule is CC1CC(=O)Nc2ccccc2N1C(=O)COC(=O)C1CC2CCCC(C1)C2=O. The molecule has 2 saturated carbocycles. The molecule has 7 nitrogen and oxygen atoms in total. The number of para-hydroxylation sites is 2. The number of hydrogen-bond donors (Lipinski definition) is 1. The normalized spacial score (nSPS) is 28.8. The number of ketones is 1. The Morgan fingerprint density at radius 2 is 1.83 bits per heavy atom. The molecular weight excluding hydrogens is 372 g/mol. The maximum atomic E-state index is 12.9. The molecule has 0 saturated heterocycles. The summed E-state index contributed by atoms with van der Waals surface area (Å²) in [6.45, 7) is 1.43. The first kappa shape index (κ1) is 19.6. The van der Waals surface area contributed by atoms with Gasteiger partial charge in [-0.3, -0.25) is 19.2 Å². The van der Waals surface area contributed by atoms with E-state index in [1.807, 2.05) is 0 Å². The van der Waals surface area contributed by atoms with E-state index in [9.17, 15) is 19.2 Å². The van der Waals surface area contributed by atoms with E-state index in [0.29, 0.717) is 30.0 Å². The third-order valence-corrected chi connectivity index (χ3v) is 6.35. The van der Waals surface area contributed by atoms with Gasteiger partial charge in [0.05, 0.1) is 17.3 Å². The Kier molecular flexibility index (Phi) is 5.39. The maximum Gasteiger partial charge on any atom is 0.309 e. The molecule has 0 spiro atoms. The predicted octanol–water partition coefficient (Wildman–Crippen LogP) is 2.69. The highest BCUT2D eigenvalue weighted by atomic mass is 16.5. The summed E-state index contributed by atoms with van der Waals surface area (Å²) in [4.78, 5) is 51.3. The minimum Gasteiger partial charge on any atom is -0.455 e. The summed E-state index contributed by atoms with van der Waals surface area (Å²) in [5, 5.41) is 2.81. The Morgan fingerprint density at radius 1 is 1.14 bits per heavy atom. The van der Waals surface area contributed by atoms with Crippen molar-refractivity contribution in [3.63, 3.8) is 0 Å². The number of fused-ring (bicyclic) bond motifs is 3. The Balaban J connectivity index is 1.42. The number of amides is 2. The third kappa shape index (κ3) is 3.91. The van der Waals surface area contributed by atoms with Crippen molar-refractivity contribution < 1.29 is 23.9 Å². The van der Waals surface area contributed by atoms with E-state index in [1.165, 1.54) is 4.90 Å². The molecule has 154 valence electrons. The number of carbonyl (C=O) groups excluding carboxylic acids is 4. The van der Waals surface area contributed by atoms with Crippen LogP contribution in [0, 0.1) is 17.8 Å². The molecule has 1 aromatic carbocycles. The molecule has 0 radical (unpaired) electrons. The largest absolute Gasteiger partial charge is 0.455 e. The van der Waals surface area contributed by atoms with Crippen molar-refractivity contribution in [2.45, 2.75) is 51.5 Å². The summed E-state index contributed by atoms with van der Waals surface area (Å²) in [5.41, 5.74) is 1.17. The van der Waals surface area contributed by atoms with Crippen molar-refractivity contribution in [3.8, 4) is 0 Å². The zero-order chi connectivity index (χ0) is 20.5. The molecule has 2 aliphatic carbocycles. The van der Waals surface area contributed by atoms with E-state index in [0.717, 1.165) is 19.3 Å². The second-order valence-electron chi connectivity index (χ2n) is 8.39. The highest BCUT2D eigenvalue weighted by molar-refractivity contribution is 6.05. The predicted molar refractivity (Wildman–Crippen MR) is 106 cm³/mol. The van der Waals surface area contributed by atoms with Crippen LogP contribution in [0.3, 0.4) is 0 Å². The molecule has 1 aliphatic heterocycles. The van der Waals surface area contributed by atoms with Crippen LogP contribution in [0.25, 0.3) is 0 Å². The molecule has 2 bridgehead atoms. The maximum absolute atomic E-state index is 12.9. The number of esters is 1. The first-order chi connectivity index (χ1) is 13.9. The summed E-state index contributed by atoms with van der Waals surface area (Å²) in [7, 11) is 0. The summed E-state index contributed by atoms with van der Waals surface area (Å²) in [5.74, 6) is -1.00. The van der Waals surface area contributed by atoms with E-state index in [4.69, 9.17) is 4.74 Å². The smallest absolute Gasteiger partial charge is 0.309 e. The average molecular weight is 398 g/mol. The van der Waals surface area contributed by atoms with Crippen LogP contribution in [-0.4, -0.2) is 36.2 Å². The van der Waals surface area contributed by atoms with Crippen molar-refractivity contribution in [2.75, 3.05) is 16.8 Å². The van der Waals surface area contributed by atoms with Crippen molar-refractivity contribution in [1.29, 1.82) is 0 Å². The summed E-state index contributed by atoms with van der Waals surface area (Å²) in [6.07, 6.45) is 3.97. The topological polar surface area (TPSA) is 92.8 Å². The zero-order valence-electron chi connectivity index (χ0n) is 16.6. The summed E-state index contributed by atoms with van der Waals surface area (Å²) >= 11 is 0. The number of rotatable bonds is 3. The van der Waals surface area contributed by atoms with Gasteiger partial charge in [0.1, 0.15) is 5.78 Å². The number of ether oxygens (including phenoxy) is 1. The molecule has 7 heteroatoms. The van der Waals surface area contributed by atoms with E-state index >= 15 is 0 Å². The number of anilines is 2. The van der Waals surface area contributed by atoms with Gasteiger partial charge in [0, 0.05) is 24.3 Å². The standard InChI is InChI=1S/C22H26N2O5/c1-13-9-19(25)23-17-7-2-3-8-18(17)24(13)20(26)12-29-22(28)16-10-14-5-4-6-15(11-16)21(14)27/h2-3,7-8,13-16H,4-6,9-12H2,1H3,(H,23,25). The van der Waals surface area contributed by atoms with E-state index in [1.54, 1.807) is 31.2 Å². The Morgan fingerprint density at radius 3 is 2.55 bits per heavy atom. The van der Waals surface area contributed by atoms with Gasteiger partial charge in [-0.15, -0.1) is 0 Å². The summed E-state index contributed by atoms with van der Waals surface area (Å²) in [6, 6.07) is 6.75. The van der Waals surface area contributed by atoms with Gasteiger partial charge in [0.15, 0.2) is 6.61 Å². The van der Waals surface area contributed by atoms with Crippen LogP contribution in [0.1, 0.15) is 45.4 Å². The highest BCUT2D eigenvalue weighted by Crippen LogP contribution is 2.40. The van der Waals surface area contributed by atoms with Crippen molar-refractivity contribution in [1.82, 2.24) is 0 Å². The van der Waals surface area contributed by atoms with Crippen LogP contribution in [0.5, 0.6) is 0 Å². The van der Waals surface area contributed by atoms with Gasteiger partial charge in [-0.05, 0) is 44.7 Å². The highest BCUT2D eigenvalue weighted by Gasteiger charge is 2.42. The van der Waals surface area contributed by atoms with Gasteiger partial charge in [-0.2, -0.15) is 0 Å². The number of Topliss-reactive ketones (excluding diaryl/α,β-unsaturated/α-hetero) is 1. The molecule has 1 N–H and O–H groups in total. The van der Waals surface area contributed by atoms with Gasteiger partial charge in [-0.1, -0.05) is 18.6 Å². The Bertz CT molecular complexity index is 835. The fourth-order valence-electron chi connectivity index (χ4n) is 4.96. The fourth-order valence-corrected chi connectivity index (χ4v) is 4.96. The molecule has 0 aromatic heterocycles. The molecule has 2 fully saturated rings. The van der Waals surface area contributed by atoms with Gasteiger partial charge >= 0.3 is 5.97 Å². The van der Waals surface area contributed by atoms with Crippen LogP contribution < -0.4 is 10.2 Å². The first-order valence-corrected chi connectivity index (χ1v) is 10.4. The number of nitrogens with one attached hydrogen (secondary N) is 1. The molecular formula is C22H26N2O5. The Labute approximate surface area is 169 Å². The van der Waals surface area contributed by atoms with E-state index < -0.39 is 5.97 Å². The lowest BCUT2D eigenvalue weighted by Crippen LogP contribution is -2.43. The minimum absolute atomic E-state index is 0.0367. The summed E-state index contributed by atoms with van der Waals surface area (Å²) < 4.78 is 5.38. The van der Waals surface area contributed by atoms with Gasteiger partial charge in [0.25, 0.3) is 5.91 Å². The van der Waals surface area contributed by atoms with Crippen LogP contribution in [0.2, 0.25) is 0 Å². The van der Waals surface area contributed by atoms with Crippen LogP contribution in [-0.2, 0) is 23.9 Å². The molecule has 3 aliphatic rings. The lowest BCUT2D eigenvalue weighted by atomic mass is 9.67. The number of benzene rings is 1. The molecule has 1 heterocycles. The molecule has 1 aromatic rings. The average Bonchev–Trinajstić information content (AvgIpc) is 2.79. The van der Waals surface area contributed by atoms with Crippen LogP contribution in [0.4, 0.5) is 11.4 Å². The molecule has 2 amide bonds. The quantitative estimate of drug-likeness (QED) is 0.791. The van der Waals surface area contributed by atoms with Crippen molar-refractivity contribution in [2.24, 2.45) is 17.8 Å². The number of carbonyl (C=O) groups is 4. The molecule has 3 atom stereocenters. The third-order valence-electron chi connectivity index (χ3n) is 6.35. The molecule has 3 unspecified atom stereocenters. The van der Waals surface area contributed by atoms with Crippen LogP contribution >= 0.6 is 0 Å². The molecule has 4 rings (SSSR count). The fraction of sp³-hybridized carbons (Fsp3) is 0.545. The van der Waals surface area contributed by atoms with Gasteiger partial charge < -0.3 is 15.0 Å². The van der Waals surface area contributed by atoms with Crippen LogP contribution in [0.15, 0.2) is 24.3 Å². The second kappa shape index (κ2) is 7.97. The number of hydrogen-bond acceptors (Lipinski definition) is 5. The lowest BCUT2D eigenvalue weighted by Gasteiger charge is -2.36. The monoisotopic (exact) mass is 398 g/mol. The van der Waals surface area contributed by atoms with Gasteiger partial charge in [0.2, 0.25) is 5.91 Å². The first-order valence-electron chi connectivity index (χ1n) is 10.4. The second-order valence-corrected chi connectivity index (χ2v) is 8.39.